The van der Waals surface area contributed by atoms with Gasteiger partial charge in [0.2, 0.25) is 0 Å². The van der Waals surface area contributed by atoms with Gasteiger partial charge >= 0.3 is 0 Å². The van der Waals surface area contributed by atoms with Crippen LogP contribution in [0.1, 0.15) is 19.3 Å². The molecule has 19 heavy (non-hydrogen) atoms. The fourth-order valence-corrected chi connectivity index (χ4v) is 3.11. The van der Waals surface area contributed by atoms with Crippen molar-refractivity contribution in [1.82, 2.24) is 14.5 Å². The molecule has 2 aromatic rings. The summed E-state index contributed by atoms with van der Waals surface area (Å²) in [6.07, 6.45) is 6.04. The van der Waals surface area contributed by atoms with Crippen molar-refractivity contribution < 1.29 is 0 Å². The Balaban J connectivity index is 1.65. The van der Waals surface area contributed by atoms with E-state index < -0.39 is 0 Å². The van der Waals surface area contributed by atoms with E-state index in [1.165, 1.54) is 38.0 Å². The van der Waals surface area contributed by atoms with E-state index >= 15 is 0 Å². The van der Waals surface area contributed by atoms with Crippen molar-refractivity contribution in [2.45, 2.75) is 25.8 Å². The summed E-state index contributed by atoms with van der Waals surface area (Å²) in [5, 5.41) is 0. The molecule has 4 heteroatoms. The van der Waals surface area contributed by atoms with Crippen LogP contribution in [0.25, 0.3) is 11.0 Å². The average Bonchev–Trinajstić information content (AvgIpc) is 2.76. The Hall–Kier alpha value is -1.13. The molecule has 1 aromatic heterocycles. The van der Waals surface area contributed by atoms with Crippen LogP contribution >= 0.6 is 12.2 Å². The Morgan fingerprint density at radius 2 is 1.89 bits per heavy atom. The van der Waals surface area contributed by atoms with E-state index in [0.717, 1.165) is 23.3 Å². The Morgan fingerprint density at radius 1 is 1.11 bits per heavy atom. The van der Waals surface area contributed by atoms with Gasteiger partial charge in [0.05, 0.1) is 11.0 Å². The van der Waals surface area contributed by atoms with Crippen LogP contribution in [0.5, 0.6) is 0 Å². The molecule has 101 valence electrons. The molecular formula is C15H20N3S. The van der Waals surface area contributed by atoms with Gasteiger partial charge in [-0.25, -0.2) is 0 Å². The van der Waals surface area contributed by atoms with Crippen molar-refractivity contribution in [3.63, 3.8) is 0 Å². The van der Waals surface area contributed by atoms with Crippen LogP contribution in [-0.2, 0) is 6.54 Å². The summed E-state index contributed by atoms with van der Waals surface area (Å²) in [7, 11) is 0. The number of benzene rings is 1. The fraction of sp³-hybridized carbons (Fsp3) is 0.467. The van der Waals surface area contributed by atoms with Crippen LogP contribution in [0.3, 0.4) is 0 Å². The molecule has 1 fully saturated rings. The predicted molar refractivity (Wildman–Crippen MR) is 81.7 cm³/mol. The number of H-pyrrole nitrogens is 1. The Bertz CT molecular complexity index is 593. The van der Waals surface area contributed by atoms with Crippen LogP contribution in [0.4, 0.5) is 0 Å². The Kier molecular flexibility index (Phi) is 3.99. The van der Waals surface area contributed by atoms with Crippen molar-refractivity contribution in [1.29, 1.82) is 0 Å². The highest BCUT2D eigenvalue weighted by atomic mass is 32.1. The van der Waals surface area contributed by atoms with Crippen molar-refractivity contribution in [3.05, 3.63) is 35.5 Å². The molecule has 0 aliphatic carbocycles. The van der Waals surface area contributed by atoms with Crippen LogP contribution in [-0.4, -0.2) is 34.1 Å². The maximum atomic E-state index is 5.41. The van der Waals surface area contributed by atoms with Gasteiger partial charge in [-0.15, -0.1) is 0 Å². The number of aromatic amines is 1. The zero-order valence-corrected chi connectivity index (χ0v) is 12.0. The molecular weight excluding hydrogens is 254 g/mol. The van der Waals surface area contributed by atoms with Crippen molar-refractivity contribution in [2.75, 3.05) is 19.6 Å². The summed E-state index contributed by atoms with van der Waals surface area (Å²) in [4.78, 5) is 5.83. The molecule has 0 unspecified atom stereocenters. The van der Waals surface area contributed by atoms with E-state index in [0.29, 0.717) is 0 Å². The van der Waals surface area contributed by atoms with E-state index in [9.17, 15) is 0 Å². The summed E-state index contributed by atoms with van der Waals surface area (Å²) < 4.78 is 3.06. The first-order chi connectivity index (χ1) is 9.34. The molecule has 1 radical (unpaired) electrons. The largest absolute Gasteiger partial charge is 0.331 e. The first-order valence-electron chi connectivity index (χ1n) is 7.06. The van der Waals surface area contributed by atoms with Gasteiger partial charge in [-0.05, 0) is 69.7 Å². The highest BCUT2D eigenvalue weighted by molar-refractivity contribution is 7.71. The lowest BCUT2D eigenvalue weighted by Crippen LogP contribution is -2.31. The van der Waals surface area contributed by atoms with Gasteiger partial charge in [-0.1, -0.05) is 12.1 Å². The summed E-state index contributed by atoms with van der Waals surface area (Å²) in [5.74, 6) is 0. The van der Waals surface area contributed by atoms with Gasteiger partial charge in [0.1, 0.15) is 0 Å². The third kappa shape index (κ3) is 2.90. The number of hydrogen-bond acceptors (Lipinski definition) is 2. The quantitative estimate of drug-likeness (QED) is 0.864. The fourth-order valence-electron chi connectivity index (χ4n) is 2.81. The molecule has 1 aliphatic heterocycles. The van der Waals surface area contributed by atoms with Gasteiger partial charge in [-0.3, -0.25) is 0 Å². The SMILES string of the molecule is S=c1[nH]c2ccccc2n1CCCN1CC[CH]CC1. The van der Waals surface area contributed by atoms with Gasteiger partial charge in [0.15, 0.2) is 4.77 Å². The number of para-hydroxylation sites is 2. The second kappa shape index (κ2) is 5.88. The summed E-state index contributed by atoms with van der Waals surface area (Å²) >= 11 is 5.41. The molecule has 1 N–H and O–H groups in total. The summed E-state index contributed by atoms with van der Waals surface area (Å²) in [6, 6.07) is 8.34. The minimum atomic E-state index is 0.841. The number of likely N-dealkylation sites (tertiary alicyclic amines) is 1. The number of piperidine rings is 1. The summed E-state index contributed by atoms with van der Waals surface area (Å²) in [6.45, 7) is 4.62. The average molecular weight is 274 g/mol. The summed E-state index contributed by atoms with van der Waals surface area (Å²) in [5.41, 5.74) is 2.36. The zero-order chi connectivity index (χ0) is 13.1. The standard InChI is InChI=1S/C15H20N3S/c19-15-16-13-7-2-3-8-14(13)18(15)12-6-11-17-9-4-1-5-10-17/h1-3,7-8H,4-6,9-12H2,(H,16,19). The molecule has 1 saturated heterocycles. The molecule has 0 atom stereocenters. The third-order valence-electron chi connectivity index (χ3n) is 3.84. The molecule has 2 heterocycles. The van der Waals surface area contributed by atoms with Gasteiger partial charge in [-0.2, -0.15) is 0 Å². The zero-order valence-electron chi connectivity index (χ0n) is 11.1. The highest BCUT2D eigenvalue weighted by Crippen LogP contribution is 2.14. The Morgan fingerprint density at radius 3 is 2.74 bits per heavy atom. The van der Waals surface area contributed by atoms with Gasteiger partial charge < -0.3 is 14.5 Å². The topological polar surface area (TPSA) is 24.0 Å². The van der Waals surface area contributed by atoms with Crippen LogP contribution < -0.4 is 0 Å². The lowest BCUT2D eigenvalue weighted by atomic mass is 10.1. The maximum Gasteiger partial charge on any atom is 0.178 e. The lowest BCUT2D eigenvalue weighted by Gasteiger charge is -2.26. The highest BCUT2D eigenvalue weighted by Gasteiger charge is 2.10. The number of imidazole rings is 1. The molecule has 0 spiro atoms. The van der Waals surface area contributed by atoms with Gasteiger partial charge in [0.25, 0.3) is 0 Å². The number of aryl methyl sites for hydroxylation is 1. The van der Waals surface area contributed by atoms with Crippen LogP contribution in [0.2, 0.25) is 0 Å². The molecule has 0 amide bonds. The van der Waals surface area contributed by atoms with Crippen molar-refractivity contribution in [2.24, 2.45) is 0 Å². The van der Waals surface area contributed by atoms with Crippen molar-refractivity contribution >= 4 is 23.3 Å². The number of nitrogens with one attached hydrogen (secondary N) is 1. The maximum absolute atomic E-state index is 5.41. The number of aromatic nitrogens is 2. The Labute approximate surface area is 119 Å². The first kappa shape index (κ1) is 12.9. The molecule has 1 aromatic carbocycles. The molecule has 0 saturated carbocycles. The predicted octanol–water partition coefficient (Wildman–Crippen LogP) is 3.39. The molecule has 3 rings (SSSR count). The number of fused-ring (bicyclic) bond motifs is 1. The third-order valence-corrected chi connectivity index (χ3v) is 4.16. The number of nitrogens with zero attached hydrogens (tertiary/aromatic N) is 2. The van der Waals surface area contributed by atoms with E-state index in [1.807, 2.05) is 6.07 Å². The van der Waals surface area contributed by atoms with E-state index in [1.54, 1.807) is 0 Å². The second-order valence-corrected chi connectivity index (χ2v) is 5.55. The van der Waals surface area contributed by atoms with E-state index in [4.69, 9.17) is 12.2 Å². The van der Waals surface area contributed by atoms with E-state index in [2.05, 4.69) is 39.1 Å². The minimum absolute atomic E-state index is 0.841. The van der Waals surface area contributed by atoms with E-state index in [-0.39, 0.29) is 0 Å². The normalized spacial score (nSPS) is 17.1. The van der Waals surface area contributed by atoms with Crippen LogP contribution in [0.15, 0.2) is 24.3 Å². The molecule has 3 nitrogen and oxygen atoms in total. The molecule has 0 bridgehead atoms. The lowest BCUT2D eigenvalue weighted by molar-refractivity contribution is 0.247. The second-order valence-electron chi connectivity index (χ2n) is 5.16. The van der Waals surface area contributed by atoms with Gasteiger partial charge in [0, 0.05) is 6.54 Å². The first-order valence-corrected chi connectivity index (χ1v) is 7.47. The van der Waals surface area contributed by atoms with Crippen molar-refractivity contribution in [3.8, 4) is 0 Å². The minimum Gasteiger partial charge on any atom is -0.331 e. The molecule has 1 aliphatic rings. The number of rotatable bonds is 4. The van der Waals surface area contributed by atoms with Crippen LogP contribution in [0, 0.1) is 11.2 Å². The monoisotopic (exact) mass is 274 g/mol. The smallest absolute Gasteiger partial charge is 0.178 e. The number of hydrogen-bond donors (Lipinski definition) is 1.